The molecule has 1 unspecified atom stereocenters. The third kappa shape index (κ3) is 8.57. The number of amides is 1. The third-order valence-corrected chi connectivity index (χ3v) is 9.68. The van der Waals surface area contributed by atoms with Gasteiger partial charge in [0.15, 0.2) is 0 Å². The molecule has 4 aromatic rings. The summed E-state index contributed by atoms with van der Waals surface area (Å²) in [5.41, 5.74) is 7.51. The Morgan fingerprint density at radius 1 is 0.935 bits per heavy atom. The summed E-state index contributed by atoms with van der Waals surface area (Å²) in [6.45, 7) is 7.17. The molecule has 0 aliphatic carbocycles. The normalized spacial score (nSPS) is 14.7. The Morgan fingerprint density at radius 2 is 1.57 bits per heavy atom. The number of carbonyl (C=O) groups excluding carboxylic acids is 1. The summed E-state index contributed by atoms with van der Waals surface area (Å²) in [6.07, 6.45) is 5.97. The zero-order valence-electron chi connectivity index (χ0n) is 27.4. The van der Waals surface area contributed by atoms with E-state index in [4.69, 9.17) is 4.74 Å². The molecule has 46 heavy (non-hydrogen) atoms. The Hall–Kier alpha value is -3.67. The fourth-order valence-corrected chi connectivity index (χ4v) is 7.13. The second-order valence-corrected chi connectivity index (χ2v) is 12.5. The largest absolute Gasteiger partial charge is 0.496 e. The minimum absolute atomic E-state index is 0. The highest BCUT2D eigenvalue weighted by Crippen LogP contribution is 2.42. The predicted molar refractivity (Wildman–Crippen MR) is 189 cm³/mol. The van der Waals surface area contributed by atoms with Gasteiger partial charge in [-0.1, -0.05) is 78.9 Å². The van der Waals surface area contributed by atoms with Crippen molar-refractivity contribution in [2.24, 2.45) is 0 Å². The van der Waals surface area contributed by atoms with E-state index in [1.807, 2.05) is 0 Å². The van der Waals surface area contributed by atoms with Crippen molar-refractivity contribution in [2.45, 2.75) is 70.3 Å². The molecule has 0 saturated carbocycles. The van der Waals surface area contributed by atoms with Crippen molar-refractivity contribution < 1.29 is 13.9 Å². The minimum atomic E-state index is -0.255. The molecule has 244 valence electrons. The molecule has 1 atom stereocenters. The molecule has 6 heteroatoms. The van der Waals surface area contributed by atoms with E-state index in [1.165, 1.54) is 39.9 Å². The lowest BCUT2D eigenvalue weighted by Gasteiger charge is -2.39. The van der Waals surface area contributed by atoms with Crippen LogP contribution in [0.4, 0.5) is 4.39 Å². The van der Waals surface area contributed by atoms with Crippen LogP contribution in [0.3, 0.4) is 0 Å². The van der Waals surface area contributed by atoms with Crippen molar-refractivity contribution in [3.05, 3.63) is 136 Å². The summed E-state index contributed by atoms with van der Waals surface area (Å²) >= 11 is 0. The summed E-state index contributed by atoms with van der Waals surface area (Å²) in [7, 11) is 1.76. The van der Waals surface area contributed by atoms with Gasteiger partial charge in [0.05, 0.1) is 7.11 Å². The smallest absolute Gasteiger partial charge is 0.220 e. The van der Waals surface area contributed by atoms with Crippen LogP contribution in [0, 0.1) is 12.7 Å². The van der Waals surface area contributed by atoms with Crippen LogP contribution in [0.5, 0.6) is 5.75 Å². The molecule has 0 spiro atoms. The Bertz CT molecular complexity index is 1490. The van der Waals surface area contributed by atoms with Crippen molar-refractivity contribution in [3.8, 4) is 5.75 Å². The quantitative estimate of drug-likeness (QED) is 0.140. The average molecular weight is 643 g/mol. The van der Waals surface area contributed by atoms with E-state index in [9.17, 15) is 9.18 Å². The van der Waals surface area contributed by atoms with Crippen LogP contribution in [0.2, 0.25) is 0 Å². The van der Waals surface area contributed by atoms with Crippen LogP contribution < -0.4 is 10.1 Å². The monoisotopic (exact) mass is 642 g/mol. The minimum Gasteiger partial charge on any atom is -0.496 e. The van der Waals surface area contributed by atoms with Gasteiger partial charge in [0.1, 0.15) is 11.6 Å². The first-order chi connectivity index (χ1) is 21.9. The summed E-state index contributed by atoms with van der Waals surface area (Å²) in [6, 6.07) is 33.1. The van der Waals surface area contributed by atoms with Crippen LogP contribution in [0.25, 0.3) is 0 Å². The third-order valence-electron chi connectivity index (χ3n) is 9.68. The number of carbonyl (C=O) groups is 1. The van der Waals surface area contributed by atoms with Gasteiger partial charge in [-0.15, -0.1) is 12.4 Å². The zero-order valence-corrected chi connectivity index (χ0v) is 28.3. The molecule has 1 heterocycles. The van der Waals surface area contributed by atoms with Crippen LogP contribution in [0.15, 0.2) is 97.1 Å². The number of benzene rings is 4. The van der Waals surface area contributed by atoms with E-state index in [0.717, 1.165) is 56.5 Å². The van der Waals surface area contributed by atoms with Gasteiger partial charge in [0.2, 0.25) is 5.91 Å². The number of halogens is 2. The van der Waals surface area contributed by atoms with Crippen molar-refractivity contribution >= 4 is 18.3 Å². The molecular weight excluding hydrogens is 595 g/mol. The van der Waals surface area contributed by atoms with Gasteiger partial charge in [-0.25, -0.2) is 4.39 Å². The maximum absolute atomic E-state index is 13.2. The van der Waals surface area contributed by atoms with Gasteiger partial charge in [-0.3, -0.25) is 9.69 Å². The molecule has 5 rings (SSSR count). The van der Waals surface area contributed by atoms with E-state index in [0.29, 0.717) is 25.4 Å². The summed E-state index contributed by atoms with van der Waals surface area (Å²) < 4.78 is 18.9. The Morgan fingerprint density at radius 3 is 2.20 bits per heavy atom. The molecule has 4 nitrogen and oxygen atoms in total. The van der Waals surface area contributed by atoms with Gasteiger partial charge in [-0.05, 0) is 110 Å². The standard InChI is InChI=1S/C40H47FN2O2.ClH/c1-30-28-33-22-27-43(31(2)37(33)29-38(30)45-3)26-11-24-40(34-12-6-4-7-13-34,35-14-8-5-9-15-35)23-10-25-42-39(44)21-18-32-16-19-36(41)20-17-32;/h4-9,12-17,19-20,28-29,31H,10-11,18,21-27H2,1-3H3,(H,42,44);1H. The number of nitrogens with one attached hydrogen (secondary N) is 1. The fraction of sp³-hybridized carbons (Fsp3) is 0.375. The number of aryl methyl sites for hydroxylation is 2. The number of hydrogen-bond donors (Lipinski definition) is 1. The van der Waals surface area contributed by atoms with E-state index in [-0.39, 0.29) is 29.5 Å². The maximum atomic E-state index is 13.2. The van der Waals surface area contributed by atoms with Crippen molar-refractivity contribution in [1.82, 2.24) is 10.2 Å². The summed E-state index contributed by atoms with van der Waals surface area (Å²) in [5.74, 6) is 0.753. The highest BCUT2D eigenvalue weighted by molar-refractivity contribution is 5.85. The lowest BCUT2D eigenvalue weighted by Crippen LogP contribution is -2.36. The number of ether oxygens (including phenoxy) is 1. The van der Waals surface area contributed by atoms with Crippen molar-refractivity contribution in [2.75, 3.05) is 26.7 Å². The summed E-state index contributed by atoms with van der Waals surface area (Å²) in [5, 5.41) is 3.14. The number of nitrogens with zero attached hydrogens (tertiary/aromatic N) is 1. The lowest BCUT2D eigenvalue weighted by molar-refractivity contribution is -0.121. The highest BCUT2D eigenvalue weighted by Gasteiger charge is 2.34. The van der Waals surface area contributed by atoms with Gasteiger partial charge in [-0.2, -0.15) is 0 Å². The van der Waals surface area contributed by atoms with Gasteiger partial charge >= 0.3 is 0 Å². The van der Waals surface area contributed by atoms with Crippen LogP contribution in [0.1, 0.15) is 78.5 Å². The molecule has 0 saturated heterocycles. The lowest BCUT2D eigenvalue weighted by atomic mass is 9.68. The zero-order chi connectivity index (χ0) is 31.6. The van der Waals surface area contributed by atoms with Crippen LogP contribution >= 0.6 is 12.4 Å². The topological polar surface area (TPSA) is 41.6 Å². The molecule has 0 bridgehead atoms. The van der Waals surface area contributed by atoms with E-state index >= 15 is 0 Å². The second kappa shape index (κ2) is 16.8. The van der Waals surface area contributed by atoms with Crippen LogP contribution in [-0.2, 0) is 23.1 Å². The first-order valence-corrected chi connectivity index (χ1v) is 16.4. The molecule has 1 amide bonds. The van der Waals surface area contributed by atoms with E-state index in [2.05, 4.69) is 96.9 Å². The molecule has 1 aliphatic rings. The number of methoxy groups -OCH3 is 1. The number of fused-ring (bicyclic) bond motifs is 1. The molecule has 1 aliphatic heterocycles. The SMILES string of the molecule is COc1cc2c(cc1C)CCN(CCCC(CCCNC(=O)CCc1ccc(F)cc1)(c1ccccc1)c1ccccc1)C2C.Cl. The van der Waals surface area contributed by atoms with E-state index < -0.39 is 0 Å². The average Bonchev–Trinajstić information content (AvgIpc) is 3.07. The Kier molecular flexibility index (Phi) is 12.8. The Labute approximate surface area is 280 Å². The van der Waals surface area contributed by atoms with Crippen LogP contribution in [-0.4, -0.2) is 37.6 Å². The first kappa shape index (κ1) is 35.2. The molecule has 4 aromatic carbocycles. The fourth-order valence-electron chi connectivity index (χ4n) is 7.13. The molecule has 0 aromatic heterocycles. The number of hydrogen-bond acceptors (Lipinski definition) is 3. The first-order valence-electron chi connectivity index (χ1n) is 16.4. The highest BCUT2D eigenvalue weighted by atomic mass is 35.5. The Balaban J connectivity index is 0.00000480. The van der Waals surface area contributed by atoms with Gasteiger partial charge in [0.25, 0.3) is 0 Å². The van der Waals surface area contributed by atoms with Gasteiger partial charge < -0.3 is 10.1 Å². The maximum Gasteiger partial charge on any atom is 0.220 e. The molecular formula is C40H48ClFN2O2. The molecule has 1 N–H and O–H groups in total. The predicted octanol–water partition coefficient (Wildman–Crippen LogP) is 8.78. The van der Waals surface area contributed by atoms with Crippen molar-refractivity contribution in [3.63, 3.8) is 0 Å². The van der Waals surface area contributed by atoms with E-state index in [1.54, 1.807) is 19.2 Å². The van der Waals surface area contributed by atoms with Crippen molar-refractivity contribution in [1.29, 1.82) is 0 Å². The molecule has 0 radical (unpaired) electrons. The van der Waals surface area contributed by atoms with Gasteiger partial charge in [0, 0.05) is 31.0 Å². The number of rotatable bonds is 14. The summed E-state index contributed by atoms with van der Waals surface area (Å²) in [4.78, 5) is 15.3. The molecule has 0 fully saturated rings. The second-order valence-electron chi connectivity index (χ2n) is 12.5.